The predicted molar refractivity (Wildman–Crippen MR) is 83.3 cm³/mol. The lowest BCUT2D eigenvalue weighted by Gasteiger charge is -2.07. The first-order valence-electron chi connectivity index (χ1n) is 6.84. The minimum atomic E-state index is 0.682. The van der Waals surface area contributed by atoms with Gasteiger partial charge in [-0.1, -0.05) is 0 Å². The van der Waals surface area contributed by atoms with Crippen molar-refractivity contribution in [2.24, 2.45) is 0 Å². The fourth-order valence-electron chi connectivity index (χ4n) is 2.30. The fraction of sp³-hybridized carbons (Fsp3) is 0.0667. The van der Waals surface area contributed by atoms with Gasteiger partial charge >= 0.3 is 0 Å². The van der Waals surface area contributed by atoms with Gasteiger partial charge in [-0.15, -0.1) is 0 Å². The van der Waals surface area contributed by atoms with Gasteiger partial charge in [0.1, 0.15) is 11.8 Å². The molecule has 0 unspecified atom stereocenters. The molecule has 0 saturated carbocycles. The van der Waals surface area contributed by atoms with Gasteiger partial charge in [0.2, 0.25) is 0 Å². The number of benzene rings is 1. The first-order valence-corrected chi connectivity index (χ1v) is 6.84. The molecule has 4 aromatic rings. The topological polar surface area (TPSA) is 84.3 Å². The zero-order chi connectivity index (χ0) is 14.9. The quantitative estimate of drug-likeness (QED) is 0.606. The third-order valence-electron chi connectivity index (χ3n) is 3.41. The normalized spacial score (nSPS) is 11.0. The smallest absolute Gasteiger partial charge is 0.162 e. The Labute approximate surface area is 126 Å². The van der Waals surface area contributed by atoms with Crippen LogP contribution in [0.15, 0.2) is 49.1 Å². The molecule has 0 aliphatic rings. The molecular formula is C15H13N7. The van der Waals surface area contributed by atoms with Crippen molar-refractivity contribution in [3.8, 4) is 5.69 Å². The van der Waals surface area contributed by atoms with E-state index >= 15 is 0 Å². The summed E-state index contributed by atoms with van der Waals surface area (Å²) in [5.41, 5.74) is 4.41. The van der Waals surface area contributed by atoms with E-state index in [4.69, 9.17) is 0 Å². The zero-order valence-corrected chi connectivity index (χ0v) is 11.9. The standard InChI is InChI=1S/C15H13N7/c1-10-13-14(21-20-10)15(17-9-16-13)19-11-3-5-12(6-4-11)22-8-2-7-18-22/h2-9H,1H3,(H,20,21)(H,16,17,19). The number of rotatable bonds is 3. The van der Waals surface area contributed by atoms with Crippen molar-refractivity contribution in [3.05, 3.63) is 54.7 Å². The van der Waals surface area contributed by atoms with E-state index in [9.17, 15) is 0 Å². The summed E-state index contributed by atoms with van der Waals surface area (Å²) < 4.78 is 1.81. The first-order chi connectivity index (χ1) is 10.8. The first kappa shape index (κ1) is 12.5. The molecule has 0 radical (unpaired) electrons. The highest BCUT2D eigenvalue weighted by Gasteiger charge is 2.09. The average Bonchev–Trinajstić information content (AvgIpc) is 3.19. The summed E-state index contributed by atoms with van der Waals surface area (Å²) in [5.74, 6) is 0.682. The van der Waals surface area contributed by atoms with E-state index in [1.54, 1.807) is 6.20 Å². The number of nitrogens with one attached hydrogen (secondary N) is 2. The van der Waals surface area contributed by atoms with E-state index in [1.807, 2.05) is 48.1 Å². The number of nitrogens with zero attached hydrogens (tertiary/aromatic N) is 5. The highest BCUT2D eigenvalue weighted by Crippen LogP contribution is 2.23. The Morgan fingerprint density at radius 1 is 1.09 bits per heavy atom. The summed E-state index contributed by atoms with van der Waals surface area (Å²) >= 11 is 0. The van der Waals surface area contributed by atoms with E-state index in [0.717, 1.165) is 28.1 Å². The number of H-pyrrole nitrogens is 1. The van der Waals surface area contributed by atoms with Gasteiger partial charge in [0.05, 0.1) is 11.4 Å². The molecule has 0 bridgehead atoms. The van der Waals surface area contributed by atoms with Crippen molar-refractivity contribution in [1.82, 2.24) is 29.9 Å². The van der Waals surface area contributed by atoms with E-state index < -0.39 is 0 Å². The number of aryl methyl sites for hydroxylation is 1. The van der Waals surface area contributed by atoms with Crippen LogP contribution in [-0.4, -0.2) is 29.9 Å². The van der Waals surface area contributed by atoms with E-state index in [2.05, 4.69) is 30.6 Å². The van der Waals surface area contributed by atoms with Gasteiger partial charge in [-0.3, -0.25) is 5.10 Å². The van der Waals surface area contributed by atoms with Crippen molar-refractivity contribution in [2.75, 3.05) is 5.32 Å². The zero-order valence-electron chi connectivity index (χ0n) is 11.9. The lowest BCUT2D eigenvalue weighted by molar-refractivity contribution is 0.881. The van der Waals surface area contributed by atoms with Crippen molar-refractivity contribution in [1.29, 1.82) is 0 Å². The Bertz CT molecular complexity index is 907. The second kappa shape index (κ2) is 4.96. The molecule has 1 aromatic carbocycles. The van der Waals surface area contributed by atoms with E-state index in [-0.39, 0.29) is 0 Å². The summed E-state index contributed by atoms with van der Waals surface area (Å²) in [6, 6.07) is 9.83. The Hall–Kier alpha value is -3.22. The van der Waals surface area contributed by atoms with Crippen LogP contribution in [0.5, 0.6) is 0 Å². The van der Waals surface area contributed by atoms with Crippen LogP contribution in [-0.2, 0) is 0 Å². The van der Waals surface area contributed by atoms with Crippen molar-refractivity contribution in [3.63, 3.8) is 0 Å². The fourth-order valence-corrected chi connectivity index (χ4v) is 2.30. The summed E-state index contributed by atoms with van der Waals surface area (Å²) in [5, 5.41) is 14.6. The maximum absolute atomic E-state index is 4.27. The Morgan fingerprint density at radius 2 is 1.95 bits per heavy atom. The van der Waals surface area contributed by atoms with Crippen LogP contribution in [0.1, 0.15) is 5.69 Å². The molecule has 0 aliphatic heterocycles. The lowest BCUT2D eigenvalue weighted by Crippen LogP contribution is -1.97. The molecule has 0 amide bonds. The Kier molecular flexibility index (Phi) is 2.82. The number of anilines is 2. The molecular weight excluding hydrogens is 278 g/mol. The third-order valence-corrected chi connectivity index (χ3v) is 3.41. The summed E-state index contributed by atoms with van der Waals surface area (Å²) in [7, 11) is 0. The van der Waals surface area contributed by atoms with Crippen LogP contribution < -0.4 is 5.32 Å². The van der Waals surface area contributed by atoms with Gasteiger partial charge in [0.25, 0.3) is 0 Å². The molecule has 22 heavy (non-hydrogen) atoms. The van der Waals surface area contributed by atoms with Crippen LogP contribution in [0, 0.1) is 6.92 Å². The number of hydrogen-bond acceptors (Lipinski definition) is 5. The molecule has 4 rings (SSSR count). The number of hydrogen-bond donors (Lipinski definition) is 2. The van der Waals surface area contributed by atoms with Crippen LogP contribution in [0.25, 0.3) is 16.7 Å². The molecule has 7 nitrogen and oxygen atoms in total. The van der Waals surface area contributed by atoms with Crippen molar-refractivity contribution in [2.45, 2.75) is 6.92 Å². The largest absolute Gasteiger partial charge is 0.338 e. The SMILES string of the molecule is Cc1[nH]nc2c(Nc3ccc(-n4cccn4)cc3)ncnc12. The molecule has 3 aromatic heterocycles. The Balaban J connectivity index is 1.65. The third kappa shape index (κ3) is 2.08. The maximum Gasteiger partial charge on any atom is 0.162 e. The highest BCUT2D eigenvalue weighted by atomic mass is 15.3. The van der Waals surface area contributed by atoms with Crippen LogP contribution in [0.2, 0.25) is 0 Å². The van der Waals surface area contributed by atoms with Crippen molar-refractivity contribution < 1.29 is 0 Å². The van der Waals surface area contributed by atoms with Gasteiger partial charge in [0.15, 0.2) is 11.3 Å². The number of aromatic amines is 1. The predicted octanol–water partition coefficient (Wildman–Crippen LogP) is 2.59. The molecule has 0 fully saturated rings. The molecule has 2 N–H and O–H groups in total. The second-order valence-electron chi connectivity index (χ2n) is 4.89. The van der Waals surface area contributed by atoms with Crippen LogP contribution >= 0.6 is 0 Å². The molecule has 0 saturated heterocycles. The van der Waals surface area contributed by atoms with Gasteiger partial charge in [-0.2, -0.15) is 10.2 Å². The Morgan fingerprint density at radius 3 is 2.73 bits per heavy atom. The van der Waals surface area contributed by atoms with Gasteiger partial charge < -0.3 is 5.32 Å². The lowest BCUT2D eigenvalue weighted by atomic mass is 10.2. The molecule has 7 heteroatoms. The van der Waals surface area contributed by atoms with Crippen molar-refractivity contribution >= 4 is 22.5 Å². The van der Waals surface area contributed by atoms with Gasteiger partial charge in [-0.25, -0.2) is 14.6 Å². The van der Waals surface area contributed by atoms with E-state index in [1.165, 1.54) is 6.33 Å². The van der Waals surface area contributed by atoms with Gasteiger partial charge in [-0.05, 0) is 37.3 Å². The maximum atomic E-state index is 4.27. The van der Waals surface area contributed by atoms with Crippen LogP contribution in [0.4, 0.5) is 11.5 Å². The average molecular weight is 291 g/mol. The molecule has 108 valence electrons. The molecule has 3 heterocycles. The minimum Gasteiger partial charge on any atom is -0.338 e. The number of aromatic nitrogens is 6. The summed E-state index contributed by atoms with van der Waals surface area (Å²) in [6.45, 7) is 1.94. The van der Waals surface area contributed by atoms with E-state index in [0.29, 0.717) is 5.82 Å². The summed E-state index contributed by atoms with van der Waals surface area (Å²) in [4.78, 5) is 8.50. The van der Waals surface area contributed by atoms with Crippen LogP contribution in [0.3, 0.4) is 0 Å². The second-order valence-corrected chi connectivity index (χ2v) is 4.89. The molecule has 0 spiro atoms. The molecule has 0 aliphatic carbocycles. The molecule has 0 atom stereocenters. The highest BCUT2D eigenvalue weighted by molar-refractivity contribution is 5.88. The monoisotopic (exact) mass is 291 g/mol. The summed E-state index contributed by atoms with van der Waals surface area (Å²) in [6.07, 6.45) is 5.19. The van der Waals surface area contributed by atoms with Gasteiger partial charge in [0, 0.05) is 18.1 Å². The minimum absolute atomic E-state index is 0.682. The number of fused-ring (bicyclic) bond motifs is 1.